The number of carbonyl (C=O) groups excluding carboxylic acids is 4. The van der Waals surface area contributed by atoms with Gasteiger partial charge >= 0.3 is 39.5 Å². The van der Waals surface area contributed by atoms with Gasteiger partial charge in [-0.05, 0) is 43.4 Å². The summed E-state index contributed by atoms with van der Waals surface area (Å²) in [6, 6.07) is 0. The topological polar surface area (TPSA) is 237 Å². The van der Waals surface area contributed by atoms with Crippen LogP contribution in [-0.2, 0) is 65.4 Å². The monoisotopic (exact) mass is 1620 g/mol. The molecule has 0 saturated carbocycles. The number of esters is 4. The zero-order valence-corrected chi connectivity index (χ0v) is 75.2. The van der Waals surface area contributed by atoms with Gasteiger partial charge in [0.05, 0.1) is 26.4 Å². The summed E-state index contributed by atoms with van der Waals surface area (Å²) in [5.74, 6) is 0.407. The summed E-state index contributed by atoms with van der Waals surface area (Å²) in [6.45, 7) is 12.1. The molecule has 0 aromatic carbocycles. The molecular formula is C92H180O17P2. The molecule has 0 aliphatic carbocycles. The molecule has 0 bridgehead atoms. The summed E-state index contributed by atoms with van der Waals surface area (Å²) in [6.07, 6.45) is 74.9. The number of hydrogen-bond donors (Lipinski definition) is 3. The molecule has 4 unspecified atom stereocenters. The molecule has 0 spiro atoms. The van der Waals surface area contributed by atoms with Crippen LogP contribution in [0.3, 0.4) is 0 Å². The minimum Gasteiger partial charge on any atom is -0.462 e. The van der Waals surface area contributed by atoms with Crippen molar-refractivity contribution in [3.63, 3.8) is 0 Å². The first-order chi connectivity index (χ1) is 53.8. The lowest BCUT2D eigenvalue weighted by atomic mass is 9.99. The molecule has 0 saturated heterocycles. The van der Waals surface area contributed by atoms with Gasteiger partial charge in [-0.15, -0.1) is 0 Å². The van der Waals surface area contributed by atoms with Gasteiger partial charge < -0.3 is 33.8 Å². The largest absolute Gasteiger partial charge is 0.472 e. The van der Waals surface area contributed by atoms with E-state index in [-0.39, 0.29) is 25.7 Å². The number of ether oxygens (including phenoxy) is 4. The van der Waals surface area contributed by atoms with Crippen LogP contribution in [0, 0.1) is 17.8 Å². The van der Waals surface area contributed by atoms with E-state index in [1.54, 1.807) is 0 Å². The Bertz CT molecular complexity index is 2130. The van der Waals surface area contributed by atoms with Gasteiger partial charge in [-0.2, -0.15) is 0 Å². The SMILES string of the molecule is CCCCCCCCCCCCCCCCC(=O)O[C@H](COC(=O)CCCCCCCCCCCCC(C)C)COP(=O)(O)OC[C@H](O)COP(=O)(O)OC[C@@H](COC(=O)CCCCCCCCCCCCCCCCCCCCC(C)CC)OC(=O)CCCCCCCCCCCCCCCCCCCCC(C)CC. The van der Waals surface area contributed by atoms with E-state index >= 15 is 0 Å². The maximum atomic E-state index is 13.2. The third-order valence-electron chi connectivity index (χ3n) is 22.4. The number of hydrogen-bond acceptors (Lipinski definition) is 15. The van der Waals surface area contributed by atoms with Crippen LogP contribution in [-0.4, -0.2) is 96.7 Å². The average Bonchev–Trinajstić information content (AvgIpc) is 0.897. The van der Waals surface area contributed by atoms with Crippen LogP contribution < -0.4 is 0 Å². The maximum Gasteiger partial charge on any atom is 0.472 e. The van der Waals surface area contributed by atoms with Crippen molar-refractivity contribution in [3.05, 3.63) is 0 Å². The molecule has 0 aliphatic heterocycles. The summed E-state index contributed by atoms with van der Waals surface area (Å²) in [7, 11) is -9.94. The van der Waals surface area contributed by atoms with E-state index < -0.39 is 97.5 Å². The molecule has 0 rings (SSSR count). The molecule has 3 N–H and O–H groups in total. The highest BCUT2D eigenvalue weighted by molar-refractivity contribution is 7.47. The smallest absolute Gasteiger partial charge is 0.462 e. The van der Waals surface area contributed by atoms with Crippen molar-refractivity contribution in [2.75, 3.05) is 39.6 Å². The van der Waals surface area contributed by atoms with Gasteiger partial charge in [0.25, 0.3) is 0 Å². The Morgan fingerprint density at radius 3 is 0.685 bits per heavy atom. The van der Waals surface area contributed by atoms with E-state index in [1.165, 1.54) is 302 Å². The number of aliphatic hydroxyl groups is 1. The number of aliphatic hydroxyl groups excluding tert-OH is 1. The van der Waals surface area contributed by atoms with E-state index in [4.69, 9.17) is 37.0 Å². The van der Waals surface area contributed by atoms with Crippen molar-refractivity contribution in [1.29, 1.82) is 0 Å². The van der Waals surface area contributed by atoms with Crippen molar-refractivity contribution < 1.29 is 80.2 Å². The van der Waals surface area contributed by atoms with E-state index in [1.807, 2.05) is 0 Å². The van der Waals surface area contributed by atoms with Crippen molar-refractivity contribution in [3.8, 4) is 0 Å². The molecule has 0 aromatic rings. The van der Waals surface area contributed by atoms with Gasteiger partial charge in [-0.1, -0.05) is 440 Å². The van der Waals surface area contributed by atoms with Crippen LogP contribution in [0.15, 0.2) is 0 Å². The first-order valence-electron chi connectivity index (χ1n) is 47.4. The van der Waals surface area contributed by atoms with Crippen LogP contribution in [0.1, 0.15) is 492 Å². The highest BCUT2D eigenvalue weighted by Gasteiger charge is 2.31. The minimum atomic E-state index is -4.97. The fourth-order valence-corrected chi connectivity index (χ4v) is 15.9. The van der Waals surface area contributed by atoms with Crippen LogP contribution in [0.5, 0.6) is 0 Å². The summed E-state index contributed by atoms with van der Waals surface area (Å²) in [4.78, 5) is 73.4. The Labute approximate surface area is 683 Å². The van der Waals surface area contributed by atoms with Crippen LogP contribution in [0.4, 0.5) is 0 Å². The third-order valence-corrected chi connectivity index (χ3v) is 24.3. The second-order valence-corrected chi connectivity index (χ2v) is 36.9. The van der Waals surface area contributed by atoms with Gasteiger partial charge in [0.15, 0.2) is 12.2 Å². The Morgan fingerprint density at radius 2 is 0.459 bits per heavy atom. The number of rotatable bonds is 90. The van der Waals surface area contributed by atoms with Crippen LogP contribution in [0.25, 0.3) is 0 Å². The maximum absolute atomic E-state index is 13.2. The fraction of sp³-hybridized carbons (Fsp3) is 0.957. The van der Waals surface area contributed by atoms with E-state index in [0.29, 0.717) is 25.7 Å². The fourth-order valence-electron chi connectivity index (χ4n) is 14.4. The molecule has 17 nitrogen and oxygen atoms in total. The van der Waals surface area contributed by atoms with E-state index in [9.17, 15) is 43.2 Å². The van der Waals surface area contributed by atoms with Crippen molar-refractivity contribution >= 4 is 39.5 Å². The molecular weight excluding hydrogens is 1440 g/mol. The number of phosphoric ester groups is 2. The van der Waals surface area contributed by atoms with Gasteiger partial charge in [-0.3, -0.25) is 37.3 Å². The molecule has 0 heterocycles. The first kappa shape index (κ1) is 109. The normalized spacial score (nSPS) is 14.3. The summed E-state index contributed by atoms with van der Waals surface area (Å²) in [5.41, 5.74) is 0. The van der Waals surface area contributed by atoms with Gasteiger partial charge in [0.2, 0.25) is 0 Å². The predicted octanol–water partition coefficient (Wildman–Crippen LogP) is 28.4. The second-order valence-electron chi connectivity index (χ2n) is 34.0. The molecule has 111 heavy (non-hydrogen) atoms. The average molecular weight is 1620 g/mol. The van der Waals surface area contributed by atoms with E-state index in [0.717, 1.165) is 108 Å². The highest BCUT2D eigenvalue weighted by Crippen LogP contribution is 2.45. The summed E-state index contributed by atoms with van der Waals surface area (Å²) >= 11 is 0. The second kappa shape index (κ2) is 81.8. The molecule has 0 aromatic heterocycles. The van der Waals surface area contributed by atoms with Gasteiger partial charge in [-0.25, -0.2) is 9.13 Å². The molecule has 0 amide bonds. The van der Waals surface area contributed by atoms with Gasteiger partial charge in [0, 0.05) is 25.7 Å². The Hall–Kier alpha value is -1.94. The van der Waals surface area contributed by atoms with Crippen molar-refractivity contribution in [2.24, 2.45) is 17.8 Å². The van der Waals surface area contributed by atoms with Crippen LogP contribution in [0.2, 0.25) is 0 Å². The molecule has 0 radical (unpaired) electrons. The molecule has 0 aliphatic rings. The summed E-state index contributed by atoms with van der Waals surface area (Å²) < 4.78 is 69.1. The lowest BCUT2D eigenvalue weighted by molar-refractivity contribution is -0.161. The standard InChI is InChI=1S/C92H180O17P2/c1-8-11-12-13-14-15-16-17-32-38-47-54-61-68-75-91(96)109-88(80-103-90(95)74-67-60-53-46-41-40-42-49-56-63-70-83(4)5)82-107-111(100,101)105-78-86(93)77-104-110(98,99)106-81-87(108-92(97)76-69-62-55-48-39-34-29-25-21-19-23-27-31-36-44-51-58-65-72-85(7)10-3)79-102-89(94)73-66-59-52-45-37-33-28-24-20-18-22-26-30-35-43-50-57-64-71-84(6)9-2/h83-88,93H,8-82H2,1-7H3,(H,98,99)(H,100,101)/t84?,85?,86-,87-,88-/m1/s1. The molecule has 660 valence electrons. The molecule has 7 atom stereocenters. The van der Waals surface area contributed by atoms with Gasteiger partial charge in [0.1, 0.15) is 19.3 Å². The minimum absolute atomic E-state index is 0.108. The van der Waals surface area contributed by atoms with Crippen molar-refractivity contribution in [2.45, 2.75) is 510 Å². The molecule has 19 heteroatoms. The number of phosphoric acid groups is 2. The molecule has 0 fully saturated rings. The lowest BCUT2D eigenvalue weighted by Crippen LogP contribution is -2.30. The number of carbonyl (C=O) groups is 4. The quantitative estimate of drug-likeness (QED) is 0.0222. The van der Waals surface area contributed by atoms with Crippen molar-refractivity contribution in [1.82, 2.24) is 0 Å². The predicted molar refractivity (Wildman–Crippen MR) is 460 cm³/mol. The van der Waals surface area contributed by atoms with Crippen LogP contribution >= 0.6 is 15.6 Å². The van der Waals surface area contributed by atoms with E-state index in [2.05, 4.69) is 48.5 Å². The third kappa shape index (κ3) is 82.9. The Morgan fingerprint density at radius 1 is 0.261 bits per heavy atom. The Kier molecular flexibility index (Phi) is 80.4. The zero-order valence-electron chi connectivity index (χ0n) is 73.4. The summed E-state index contributed by atoms with van der Waals surface area (Å²) in [5, 5.41) is 10.7. The lowest BCUT2D eigenvalue weighted by Gasteiger charge is -2.21. The highest BCUT2D eigenvalue weighted by atomic mass is 31.2. The first-order valence-corrected chi connectivity index (χ1v) is 50.4. The number of unbranched alkanes of at least 4 members (excludes halogenated alkanes) is 56. The Balaban J connectivity index is 5.24. The zero-order chi connectivity index (χ0) is 81.5.